The van der Waals surface area contributed by atoms with Crippen molar-refractivity contribution in [3.63, 3.8) is 0 Å². The largest absolute Gasteiger partial charge is 0.375 e. The predicted molar refractivity (Wildman–Crippen MR) is 108 cm³/mol. The number of hydrogen-bond donors (Lipinski definition) is 1. The maximum atomic E-state index is 11.8. The zero-order chi connectivity index (χ0) is 19.6. The summed E-state index contributed by atoms with van der Waals surface area (Å²) in [6, 6.07) is 10.3. The zero-order valence-electron chi connectivity index (χ0n) is 16.7. The molecule has 0 radical (unpaired) electrons. The van der Waals surface area contributed by atoms with Gasteiger partial charge in [0.1, 0.15) is 12.4 Å². The Kier molecular flexibility index (Phi) is 5.61. The molecule has 142 valence electrons. The number of para-hydroxylation sites is 2. The van der Waals surface area contributed by atoms with Crippen LogP contribution in [0.1, 0.15) is 33.6 Å². The normalized spacial score (nSPS) is 11.1. The van der Waals surface area contributed by atoms with E-state index in [9.17, 15) is 4.79 Å². The molecule has 0 saturated carbocycles. The molecule has 5 heteroatoms. The molecule has 0 saturated heterocycles. The number of benzene rings is 2. The molecule has 5 nitrogen and oxygen atoms in total. The van der Waals surface area contributed by atoms with E-state index in [0.29, 0.717) is 6.54 Å². The van der Waals surface area contributed by atoms with Gasteiger partial charge in [0.05, 0.1) is 17.6 Å². The Bertz CT molecular complexity index is 963. The molecule has 0 bridgehead atoms. The van der Waals surface area contributed by atoms with E-state index in [1.54, 1.807) is 0 Å². The number of imidazole rings is 1. The van der Waals surface area contributed by atoms with Crippen LogP contribution in [0.4, 0.5) is 0 Å². The standard InChI is InChI=1S/C22H27N3O2/c1-14-10-15(2)17(4)18(16(14)3)12-25-20-9-7-6-8-19(20)24-21(25)11-23-22(26)13-27-5/h6-10H,11-13H2,1-5H3,(H,23,26). The summed E-state index contributed by atoms with van der Waals surface area (Å²) in [5.74, 6) is 0.702. The molecule has 0 aliphatic rings. The molecule has 1 amide bonds. The van der Waals surface area contributed by atoms with Crippen molar-refractivity contribution in [3.8, 4) is 0 Å². The Hall–Kier alpha value is -2.66. The Morgan fingerprint density at radius 2 is 1.78 bits per heavy atom. The van der Waals surface area contributed by atoms with Crippen LogP contribution in [0.15, 0.2) is 30.3 Å². The van der Waals surface area contributed by atoms with E-state index in [4.69, 9.17) is 9.72 Å². The second-order valence-electron chi connectivity index (χ2n) is 7.05. The van der Waals surface area contributed by atoms with Crippen LogP contribution in [0.5, 0.6) is 0 Å². The molecule has 1 aromatic heterocycles. The van der Waals surface area contributed by atoms with Gasteiger partial charge in [0.15, 0.2) is 0 Å². The molecule has 0 aliphatic heterocycles. The number of hydrogen-bond acceptors (Lipinski definition) is 3. The third-order valence-corrected chi connectivity index (χ3v) is 5.29. The first kappa shape index (κ1) is 19.1. The van der Waals surface area contributed by atoms with E-state index < -0.39 is 0 Å². The summed E-state index contributed by atoms with van der Waals surface area (Å²) in [6.45, 7) is 9.82. The molecule has 3 rings (SSSR count). The van der Waals surface area contributed by atoms with Crippen LogP contribution in [-0.4, -0.2) is 29.2 Å². The number of nitrogens with zero attached hydrogens (tertiary/aromatic N) is 2. The summed E-state index contributed by atoms with van der Waals surface area (Å²) in [4.78, 5) is 16.6. The van der Waals surface area contributed by atoms with Gasteiger partial charge < -0.3 is 14.6 Å². The maximum Gasteiger partial charge on any atom is 0.246 e. The highest BCUT2D eigenvalue weighted by Crippen LogP contribution is 2.25. The van der Waals surface area contributed by atoms with Crippen molar-refractivity contribution < 1.29 is 9.53 Å². The summed E-state index contributed by atoms with van der Waals surface area (Å²) in [7, 11) is 1.51. The third-order valence-electron chi connectivity index (χ3n) is 5.29. The Labute approximate surface area is 160 Å². The van der Waals surface area contributed by atoms with Crippen molar-refractivity contribution >= 4 is 16.9 Å². The molecular formula is C22H27N3O2. The summed E-state index contributed by atoms with van der Waals surface area (Å²) >= 11 is 0. The lowest BCUT2D eigenvalue weighted by molar-refractivity contribution is -0.124. The lowest BCUT2D eigenvalue weighted by atomic mass is 9.94. The number of carbonyl (C=O) groups excluding carboxylic acids is 1. The molecule has 3 aromatic rings. The van der Waals surface area contributed by atoms with Crippen LogP contribution in [0.2, 0.25) is 0 Å². The van der Waals surface area contributed by atoms with E-state index >= 15 is 0 Å². The molecule has 2 aromatic carbocycles. The molecule has 0 unspecified atom stereocenters. The molecule has 0 spiro atoms. The van der Waals surface area contributed by atoms with Gasteiger partial charge in [-0.15, -0.1) is 0 Å². The van der Waals surface area contributed by atoms with Crippen LogP contribution in [-0.2, 0) is 22.6 Å². The van der Waals surface area contributed by atoms with Gasteiger partial charge in [-0.05, 0) is 67.6 Å². The molecular weight excluding hydrogens is 338 g/mol. The van der Waals surface area contributed by atoms with E-state index in [1.807, 2.05) is 18.2 Å². The number of aromatic nitrogens is 2. The third kappa shape index (κ3) is 3.88. The average molecular weight is 365 g/mol. The van der Waals surface area contributed by atoms with Gasteiger partial charge >= 0.3 is 0 Å². The highest BCUT2D eigenvalue weighted by Gasteiger charge is 2.15. The highest BCUT2D eigenvalue weighted by atomic mass is 16.5. The summed E-state index contributed by atoms with van der Waals surface area (Å²) < 4.78 is 7.10. The fraction of sp³-hybridized carbons (Fsp3) is 0.364. The van der Waals surface area contributed by atoms with Gasteiger partial charge in [-0.1, -0.05) is 18.2 Å². The Morgan fingerprint density at radius 3 is 2.44 bits per heavy atom. The van der Waals surface area contributed by atoms with Crippen LogP contribution in [0.25, 0.3) is 11.0 Å². The van der Waals surface area contributed by atoms with E-state index in [0.717, 1.165) is 23.4 Å². The average Bonchev–Trinajstić information content (AvgIpc) is 2.99. The molecule has 27 heavy (non-hydrogen) atoms. The minimum absolute atomic E-state index is 0.0511. The van der Waals surface area contributed by atoms with Crippen LogP contribution < -0.4 is 5.32 Å². The van der Waals surface area contributed by atoms with Crippen LogP contribution in [0.3, 0.4) is 0 Å². The van der Waals surface area contributed by atoms with Gasteiger partial charge in [0.25, 0.3) is 0 Å². The fourth-order valence-electron chi connectivity index (χ4n) is 3.49. The van der Waals surface area contributed by atoms with Gasteiger partial charge in [-0.3, -0.25) is 4.79 Å². The molecule has 1 N–H and O–H groups in total. The minimum Gasteiger partial charge on any atom is -0.375 e. The topological polar surface area (TPSA) is 56.1 Å². The first-order valence-corrected chi connectivity index (χ1v) is 9.18. The summed E-state index contributed by atoms with van der Waals surface area (Å²) in [5.41, 5.74) is 8.55. The molecule has 0 fully saturated rings. The van der Waals surface area contributed by atoms with E-state index in [-0.39, 0.29) is 12.5 Å². The van der Waals surface area contributed by atoms with Crippen molar-refractivity contribution in [2.24, 2.45) is 0 Å². The monoisotopic (exact) mass is 365 g/mol. The van der Waals surface area contributed by atoms with Crippen LogP contribution in [0, 0.1) is 27.7 Å². The lowest BCUT2D eigenvalue weighted by Crippen LogP contribution is -2.28. The van der Waals surface area contributed by atoms with Gasteiger partial charge in [0, 0.05) is 13.7 Å². The SMILES string of the molecule is COCC(=O)NCc1nc2ccccc2n1Cc1c(C)c(C)cc(C)c1C. The Morgan fingerprint density at radius 1 is 1.11 bits per heavy atom. The number of fused-ring (bicyclic) bond motifs is 1. The van der Waals surface area contributed by atoms with E-state index in [1.165, 1.54) is 34.9 Å². The summed E-state index contributed by atoms with van der Waals surface area (Å²) in [5, 5.41) is 2.89. The van der Waals surface area contributed by atoms with Crippen molar-refractivity contribution in [3.05, 3.63) is 64.0 Å². The first-order chi connectivity index (χ1) is 12.9. The maximum absolute atomic E-state index is 11.8. The smallest absolute Gasteiger partial charge is 0.246 e. The lowest BCUT2D eigenvalue weighted by Gasteiger charge is -2.18. The summed E-state index contributed by atoms with van der Waals surface area (Å²) in [6.07, 6.45) is 0. The van der Waals surface area contributed by atoms with Crippen LogP contribution >= 0.6 is 0 Å². The van der Waals surface area contributed by atoms with E-state index in [2.05, 4.69) is 49.7 Å². The number of ether oxygens (including phenoxy) is 1. The number of aryl methyl sites for hydroxylation is 2. The second kappa shape index (κ2) is 7.92. The zero-order valence-corrected chi connectivity index (χ0v) is 16.7. The van der Waals surface area contributed by atoms with Gasteiger partial charge in [-0.2, -0.15) is 0 Å². The predicted octanol–water partition coefficient (Wildman–Crippen LogP) is 3.58. The number of rotatable bonds is 6. The first-order valence-electron chi connectivity index (χ1n) is 9.18. The van der Waals surface area contributed by atoms with Crippen molar-refractivity contribution in [1.82, 2.24) is 14.9 Å². The van der Waals surface area contributed by atoms with Gasteiger partial charge in [-0.25, -0.2) is 4.98 Å². The molecule has 0 atom stereocenters. The fourth-order valence-corrected chi connectivity index (χ4v) is 3.49. The minimum atomic E-state index is -0.144. The Balaban J connectivity index is 2.03. The van der Waals surface area contributed by atoms with Crippen molar-refractivity contribution in [2.75, 3.05) is 13.7 Å². The molecule has 1 heterocycles. The van der Waals surface area contributed by atoms with Crippen molar-refractivity contribution in [1.29, 1.82) is 0 Å². The molecule has 0 aliphatic carbocycles. The quantitative estimate of drug-likeness (QED) is 0.726. The van der Waals surface area contributed by atoms with Gasteiger partial charge in [0.2, 0.25) is 5.91 Å². The number of methoxy groups -OCH3 is 1. The number of nitrogens with one attached hydrogen (secondary N) is 1. The number of carbonyl (C=O) groups is 1. The van der Waals surface area contributed by atoms with Crippen molar-refractivity contribution in [2.45, 2.75) is 40.8 Å². The second-order valence-corrected chi connectivity index (χ2v) is 7.05. The highest BCUT2D eigenvalue weighted by molar-refractivity contribution is 5.78. The number of amides is 1.